The molecule has 0 unspecified atom stereocenters. The Hall–Kier alpha value is -2.62. The van der Waals surface area contributed by atoms with Crippen LogP contribution in [0, 0.1) is 0 Å². The van der Waals surface area contributed by atoms with E-state index in [2.05, 4.69) is 26.8 Å². The fourth-order valence-corrected chi connectivity index (χ4v) is 1.94. The van der Waals surface area contributed by atoms with E-state index in [9.17, 15) is 0 Å². The third kappa shape index (κ3) is 3.28. The van der Waals surface area contributed by atoms with Crippen molar-refractivity contribution in [3.8, 4) is 0 Å². The first kappa shape index (κ1) is 14.8. The number of H-pyrrole nitrogens is 1. The number of nitrogens with one attached hydrogen (secondary N) is 2. The molecular weight excluding hydrogens is 260 g/mol. The molecule has 0 saturated heterocycles. The highest BCUT2D eigenvalue weighted by Crippen LogP contribution is 2.27. The zero-order valence-corrected chi connectivity index (χ0v) is 12.6. The molecule has 3 aromatic rings. The van der Waals surface area contributed by atoms with Crippen molar-refractivity contribution in [3.63, 3.8) is 0 Å². The van der Waals surface area contributed by atoms with Gasteiger partial charge in [-0.05, 0) is 26.8 Å². The zero-order valence-electron chi connectivity index (χ0n) is 12.6. The van der Waals surface area contributed by atoms with E-state index in [-0.39, 0.29) is 0 Å². The van der Waals surface area contributed by atoms with Gasteiger partial charge in [-0.15, -0.1) is 0 Å². The summed E-state index contributed by atoms with van der Waals surface area (Å²) in [5, 5.41) is 4.24. The summed E-state index contributed by atoms with van der Waals surface area (Å²) >= 11 is 0. The molecule has 0 aliphatic rings. The lowest BCUT2D eigenvalue weighted by Gasteiger charge is -2.03. The number of aromatic nitrogens is 3. The van der Waals surface area contributed by atoms with E-state index in [0.717, 1.165) is 33.5 Å². The molecule has 0 fully saturated rings. The zero-order chi connectivity index (χ0) is 15.2. The second-order valence-corrected chi connectivity index (χ2v) is 4.69. The van der Waals surface area contributed by atoms with Gasteiger partial charge < -0.3 is 10.3 Å². The van der Waals surface area contributed by atoms with Crippen molar-refractivity contribution in [1.29, 1.82) is 0 Å². The van der Waals surface area contributed by atoms with E-state index < -0.39 is 0 Å². The molecule has 4 nitrogen and oxygen atoms in total. The van der Waals surface area contributed by atoms with E-state index in [1.165, 1.54) is 0 Å². The van der Waals surface area contributed by atoms with Crippen molar-refractivity contribution in [1.82, 2.24) is 15.0 Å². The molecule has 1 aromatic carbocycles. The Morgan fingerprint density at radius 3 is 2.57 bits per heavy atom. The van der Waals surface area contributed by atoms with Crippen LogP contribution in [0.2, 0.25) is 0 Å². The highest BCUT2D eigenvalue weighted by atomic mass is 15.0. The van der Waals surface area contributed by atoms with Gasteiger partial charge in [-0.25, -0.2) is 9.97 Å². The number of anilines is 1. The van der Waals surface area contributed by atoms with E-state index in [1.807, 2.05) is 57.2 Å². The fraction of sp³-hybridized carbons (Fsp3) is 0.176. The average Bonchev–Trinajstić information content (AvgIpc) is 2.87. The van der Waals surface area contributed by atoms with Crippen LogP contribution in [0.1, 0.15) is 20.8 Å². The lowest BCUT2D eigenvalue weighted by Crippen LogP contribution is -1.97. The summed E-state index contributed by atoms with van der Waals surface area (Å²) in [7, 11) is 0. The van der Waals surface area contributed by atoms with Crippen molar-refractivity contribution in [3.05, 3.63) is 55.0 Å². The molecule has 3 rings (SSSR count). The van der Waals surface area contributed by atoms with Crippen molar-refractivity contribution < 1.29 is 0 Å². The Balaban J connectivity index is 0.000000361. The number of benzene rings is 1. The summed E-state index contributed by atoms with van der Waals surface area (Å²) in [4.78, 5) is 11.9. The van der Waals surface area contributed by atoms with E-state index >= 15 is 0 Å². The van der Waals surface area contributed by atoms with Gasteiger partial charge in [-0.3, -0.25) is 0 Å². The van der Waals surface area contributed by atoms with Gasteiger partial charge in [-0.2, -0.15) is 0 Å². The summed E-state index contributed by atoms with van der Waals surface area (Å²) in [6, 6.07) is 8.08. The second-order valence-electron chi connectivity index (χ2n) is 4.69. The van der Waals surface area contributed by atoms with Crippen LogP contribution in [-0.4, -0.2) is 15.0 Å². The van der Waals surface area contributed by atoms with Gasteiger partial charge in [0.15, 0.2) is 5.82 Å². The van der Waals surface area contributed by atoms with Crippen LogP contribution in [0.5, 0.6) is 0 Å². The maximum absolute atomic E-state index is 4.33. The number of rotatable bonds is 2. The standard InChI is InChI=1S/C13H12N4.C4H8/c1-8(2)16-13-12-11(14-7-15-13)9-5-3-4-6-10(9)17-12;1-3-4-2/h3-7,17H,1H2,2H3,(H,14,15,16);3-4H,1-2H3/b;4-3-. The van der Waals surface area contributed by atoms with Gasteiger partial charge in [0.1, 0.15) is 17.4 Å². The summed E-state index contributed by atoms with van der Waals surface area (Å²) < 4.78 is 0. The summed E-state index contributed by atoms with van der Waals surface area (Å²) in [6.45, 7) is 9.73. The molecule has 2 aromatic heterocycles. The highest BCUT2D eigenvalue weighted by molar-refractivity contribution is 6.08. The van der Waals surface area contributed by atoms with Gasteiger partial charge >= 0.3 is 0 Å². The molecule has 4 heteroatoms. The molecular formula is C17H20N4. The maximum Gasteiger partial charge on any atom is 0.158 e. The van der Waals surface area contributed by atoms with Crippen molar-refractivity contribution in [2.75, 3.05) is 5.32 Å². The summed E-state index contributed by atoms with van der Waals surface area (Å²) in [5.74, 6) is 0.763. The second kappa shape index (κ2) is 6.70. The number of allylic oxidation sites excluding steroid dienone is 3. The molecule has 0 aliphatic heterocycles. The Kier molecular flexibility index (Phi) is 4.72. The van der Waals surface area contributed by atoms with Crippen LogP contribution >= 0.6 is 0 Å². The predicted octanol–water partition coefficient (Wildman–Crippen LogP) is 4.64. The molecule has 0 amide bonds. The quantitative estimate of drug-likeness (QED) is 0.672. The number of fused-ring (bicyclic) bond motifs is 3. The molecule has 2 heterocycles. The van der Waals surface area contributed by atoms with Crippen molar-refractivity contribution in [2.45, 2.75) is 20.8 Å². The van der Waals surface area contributed by atoms with Gasteiger partial charge in [0.05, 0.1) is 0 Å². The number of hydrogen-bond acceptors (Lipinski definition) is 3. The summed E-state index contributed by atoms with van der Waals surface area (Å²) in [6.07, 6.45) is 5.56. The topological polar surface area (TPSA) is 53.6 Å². The molecule has 0 atom stereocenters. The van der Waals surface area contributed by atoms with E-state index in [1.54, 1.807) is 6.33 Å². The Labute approximate surface area is 124 Å². The monoisotopic (exact) mass is 280 g/mol. The molecule has 2 N–H and O–H groups in total. The Bertz CT molecular complexity index is 780. The predicted molar refractivity (Wildman–Crippen MR) is 90.3 cm³/mol. The molecule has 0 spiro atoms. The lowest BCUT2D eigenvalue weighted by molar-refractivity contribution is 1.20. The van der Waals surface area contributed by atoms with Crippen molar-refractivity contribution in [2.24, 2.45) is 0 Å². The number of nitrogens with zero attached hydrogens (tertiary/aromatic N) is 2. The SMILES string of the molecule is C/C=C\C.C=C(C)Nc1ncnc2c1[nH]c1ccccc12. The highest BCUT2D eigenvalue weighted by Gasteiger charge is 2.09. The Morgan fingerprint density at radius 2 is 1.90 bits per heavy atom. The molecule has 108 valence electrons. The normalized spacial score (nSPS) is 10.6. The molecule has 21 heavy (non-hydrogen) atoms. The van der Waals surface area contributed by atoms with Crippen LogP contribution in [0.3, 0.4) is 0 Å². The average molecular weight is 280 g/mol. The van der Waals surface area contributed by atoms with E-state index in [4.69, 9.17) is 0 Å². The van der Waals surface area contributed by atoms with Crippen LogP contribution < -0.4 is 5.32 Å². The van der Waals surface area contributed by atoms with Crippen LogP contribution in [-0.2, 0) is 0 Å². The minimum atomic E-state index is 0.763. The number of hydrogen-bond donors (Lipinski definition) is 2. The summed E-state index contributed by atoms with van der Waals surface area (Å²) in [5.41, 5.74) is 3.76. The Morgan fingerprint density at radius 1 is 1.19 bits per heavy atom. The van der Waals surface area contributed by atoms with Crippen molar-refractivity contribution >= 4 is 27.8 Å². The molecule has 0 radical (unpaired) electrons. The lowest BCUT2D eigenvalue weighted by atomic mass is 10.2. The van der Waals surface area contributed by atoms with Gasteiger partial charge in [0.25, 0.3) is 0 Å². The smallest absolute Gasteiger partial charge is 0.158 e. The van der Waals surface area contributed by atoms with Gasteiger partial charge in [0.2, 0.25) is 0 Å². The van der Waals surface area contributed by atoms with E-state index in [0.29, 0.717) is 0 Å². The minimum Gasteiger partial charge on any atom is -0.350 e. The van der Waals surface area contributed by atoms with Crippen LogP contribution in [0.25, 0.3) is 21.9 Å². The fourth-order valence-electron chi connectivity index (χ4n) is 1.94. The first-order valence-electron chi connectivity index (χ1n) is 6.88. The third-order valence-corrected chi connectivity index (χ3v) is 2.95. The first-order valence-corrected chi connectivity index (χ1v) is 6.88. The largest absolute Gasteiger partial charge is 0.350 e. The molecule has 0 bridgehead atoms. The van der Waals surface area contributed by atoms with Crippen LogP contribution in [0.15, 0.2) is 55.0 Å². The van der Waals surface area contributed by atoms with Gasteiger partial charge in [0, 0.05) is 16.6 Å². The van der Waals surface area contributed by atoms with Crippen LogP contribution in [0.4, 0.5) is 5.82 Å². The number of aromatic amines is 1. The van der Waals surface area contributed by atoms with Gasteiger partial charge in [-0.1, -0.05) is 36.9 Å². The third-order valence-electron chi connectivity index (χ3n) is 2.95. The number of para-hydroxylation sites is 1. The maximum atomic E-state index is 4.33. The minimum absolute atomic E-state index is 0.763. The first-order chi connectivity index (χ1) is 10.2. The molecule has 0 saturated carbocycles. The molecule has 0 aliphatic carbocycles.